The average molecular weight is 374 g/mol. The zero-order valence-corrected chi connectivity index (χ0v) is 14.9. The molecule has 0 atom stereocenters. The molecule has 6 heteroatoms. The van der Waals surface area contributed by atoms with Gasteiger partial charge in [0.1, 0.15) is 6.61 Å². The highest BCUT2D eigenvalue weighted by atomic mass is 35.5. The van der Waals surface area contributed by atoms with Crippen LogP contribution in [0.15, 0.2) is 54.6 Å². The van der Waals surface area contributed by atoms with Gasteiger partial charge in [-0.3, -0.25) is 4.79 Å². The van der Waals surface area contributed by atoms with Gasteiger partial charge in [-0.05, 0) is 29.2 Å². The van der Waals surface area contributed by atoms with Gasteiger partial charge >= 0.3 is 12.1 Å². The van der Waals surface area contributed by atoms with E-state index in [-0.39, 0.29) is 13.0 Å². The lowest BCUT2D eigenvalue weighted by molar-refractivity contribution is -0.136. The number of carboxylic acid groups (broad SMARTS) is 1. The number of carboxylic acids is 1. The fourth-order valence-corrected chi connectivity index (χ4v) is 2.48. The summed E-state index contributed by atoms with van der Waals surface area (Å²) in [7, 11) is 0. The Morgan fingerprint density at radius 2 is 1.92 bits per heavy atom. The lowest BCUT2D eigenvalue weighted by atomic mass is 10.1. The summed E-state index contributed by atoms with van der Waals surface area (Å²) in [5.74, 6) is -0.916. The van der Waals surface area contributed by atoms with Gasteiger partial charge in [-0.1, -0.05) is 66.2 Å². The molecule has 136 valence electrons. The number of amides is 1. The maximum Gasteiger partial charge on any atom is 0.407 e. The van der Waals surface area contributed by atoms with Crippen LogP contribution in [0.4, 0.5) is 4.79 Å². The Kier molecular flexibility index (Phi) is 7.71. The van der Waals surface area contributed by atoms with Crippen molar-refractivity contribution >= 4 is 29.7 Å². The van der Waals surface area contributed by atoms with E-state index < -0.39 is 12.1 Å². The molecule has 0 aliphatic rings. The summed E-state index contributed by atoms with van der Waals surface area (Å²) in [6.45, 7) is 0.693. The molecule has 0 saturated heterocycles. The van der Waals surface area contributed by atoms with Crippen molar-refractivity contribution < 1.29 is 19.4 Å². The molecule has 2 N–H and O–H groups in total. The molecule has 26 heavy (non-hydrogen) atoms. The lowest BCUT2D eigenvalue weighted by Gasteiger charge is -2.06. The summed E-state index contributed by atoms with van der Waals surface area (Å²) in [4.78, 5) is 22.3. The third-order valence-corrected chi connectivity index (χ3v) is 3.87. The molecule has 0 aliphatic heterocycles. The molecule has 2 rings (SSSR count). The van der Waals surface area contributed by atoms with Crippen molar-refractivity contribution in [1.82, 2.24) is 5.32 Å². The molecular weight excluding hydrogens is 354 g/mol. The fraction of sp³-hybridized carbons (Fsp3) is 0.200. The predicted octanol–water partition coefficient (Wildman–Crippen LogP) is 4.30. The number of carbonyl (C=O) groups is 2. The van der Waals surface area contributed by atoms with Gasteiger partial charge in [-0.25, -0.2) is 4.79 Å². The van der Waals surface area contributed by atoms with E-state index in [0.29, 0.717) is 23.6 Å². The van der Waals surface area contributed by atoms with Crippen LogP contribution >= 0.6 is 11.6 Å². The topological polar surface area (TPSA) is 75.6 Å². The van der Waals surface area contributed by atoms with Gasteiger partial charge in [0.05, 0.1) is 6.42 Å². The van der Waals surface area contributed by atoms with E-state index >= 15 is 0 Å². The van der Waals surface area contributed by atoms with Crippen molar-refractivity contribution in [1.29, 1.82) is 0 Å². The van der Waals surface area contributed by atoms with E-state index in [1.54, 1.807) is 12.1 Å². The van der Waals surface area contributed by atoms with Crippen LogP contribution in [0.5, 0.6) is 0 Å². The molecular formula is C20H20ClNO4. The first-order chi connectivity index (χ1) is 12.5. The summed E-state index contributed by atoms with van der Waals surface area (Å²) in [6, 6.07) is 14.7. The molecule has 0 aliphatic carbocycles. The summed E-state index contributed by atoms with van der Waals surface area (Å²) < 4.78 is 5.11. The fourth-order valence-electron chi connectivity index (χ4n) is 2.22. The first-order valence-electron chi connectivity index (χ1n) is 8.16. The van der Waals surface area contributed by atoms with Gasteiger partial charge in [-0.2, -0.15) is 0 Å². The largest absolute Gasteiger partial charge is 0.481 e. The number of aliphatic carboxylic acids is 1. The molecule has 0 aromatic heterocycles. The van der Waals surface area contributed by atoms with Crippen LogP contribution in [0, 0.1) is 0 Å². The zero-order chi connectivity index (χ0) is 18.8. The maximum atomic E-state index is 11.6. The molecule has 0 fully saturated rings. The van der Waals surface area contributed by atoms with Crippen LogP contribution in [-0.2, 0) is 22.6 Å². The van der Waals surface area contributed by atoms with E-state index in [0.717, 1.165) is 11.1 Å². The second-order valence-corrected chi connectivity index (χ2v) is 6.01. The number of hydrogen-bond acceptors (Lipinski definition) is 3. The number of alkyl carbamates (subject to hydrolysis) is 1. The standard InChI is InChI=1S/C20H20ClNO4/c21-18-12-15(9-10-17(18)13-19(23)24)6-4-5-11-22-20(25)26-14-16-7-2-1-3-8-16/h1-4,6-10,12H,5,11,13-14H2,(H,22,25)(H,23,24). The molecule has 0 saturated carbocycles. The number of carbonyl (C=O) groups excluding carboxylic acids is 1. The van der Waals surface area contributed by atoms with Crippen molar-refractivity contribution in [2.24, 2.45) is 0 Å². The van der Waals surface area contributed by atoms with Gasteiger partial charge in [-0.15, -0.1) is 0 Å². The molecule has 0 spiro atoms. The molecule has 0 unspecified atom stereocenters. The second kappa shape index (κ2) is 10.3. The number of halogens is 1. The Morgan fingerprint density at radius 3 is 2.62 bits per heavy atom. The minimum atomic E-state index is -0.916. The van der Waals surface area contributed by atoms with E-state index in [2.05, 4.69) is 5.32 Å². The van der Waals surface area contributed by atoms with Crippen LogP contribution in [0.2, 0.25) is 5.02 Å². The van der Waals surface area contributed by atoms with Crippen LogP contribution in [0.3, 0.4) is 0 Å². The third kappa shape index (κ3) is 6.99. The van der Waals surface area contributed by atoms with Crippen molar-refractivity contribution in [2.45, 2.75) is 19.4 Å². The summed E-state index contributed by atoms with van der Waals surface area (Å²) >= 11 is 6.07. The Hall–Kier alpha value is -2.79. The monoisotopic (exact) mass is 373 g/mol. The molecule has 5 nitrogen and oxygen atoms in total. The molecule has 0 heterocycles. The van der Waals surface area contributed by atoms with E-state index in [1.165, 1.54) is 0 Å². The minimum absolute atomic E-state index is 0.0994. The Bertz CT molecular complexity index is 775. The van der Waals surface area contributed by atoms with Crippen molar-refractivity contribution in [2.75, 3.05) is 6.54 Å². The lowest BCUT2D eigenvalue weighted by Crippen LogP contribution is -2.24. The Morgan fingerprint density at radius 1 is 1.15 bits per heavy atom. The first kappa shape index (κ1) is 19.5. The van der Waals surface area contributed by atoms with Gasteiger partial charge in [0.2, 0.25) is 0 Å². The molecule has 0 bridgehead atoms. The first-order valence-corrected chi connectivity index (χ1v) is 8.53. The molecule has 2 aromatic carbocycles. The average Bonchev–Trinajstić information content (AvgIpc) is 2.62. The smallest absolute Gasteiger partial charge is 0.407 e. The van der Waals surface area contributed by atoms with Gasteiger partial charge in [0, 0.05) is 11.6 Å². The highest BCUT2D eigenvalue weighted by Crippen LogP contribution is 2.19. The van der Waals surface area contributed by atoms with Gasteiger partial charge in [0.25, 0.3) is 0 Å². The van der Waals surface area contributed by atoms with Crippen molar-refractivity contribution in [3.63, 3.8) is 0 Å². The Labute approximate surface area is 157 Å². The van der Waals surface area contributed by atoms with Crippen LogP contribution in [-0.4, -0.2) is 23.7 Å². The van der Waals surface area contributed by atoms with Crippen molar-refractivity contribution in [3.05, 3.63) is 76.3 Å². The van der Waals surface area contributed by atoms with Crippen LogP contribution < -0.4 is 5.32 Å². The summed E-state index contributed by atoms with van der Waals surface area (Å²) in [5, 5.41) is 11.9. The van der Waals surface area contributed by atoms with Crippen molar-refractivity contribution in [3.8, 4) is 0 Å². The van der Waals surface area contributed by atoms with E-state index in [4.69, 9.17) is 21.4 Å². The van der Waals surface area contributed by atoms with Crippen LogP contribution in [0.25, 0.3) is 6.08 Å². The Balaban J connectivity index is 1.69. The number of hydrogen-bond donors (Lipinski definition) is 2. The van der Waals surface area contributed by atoms with E-state index in [1.807, 2.05) is 48.6 Å². The quantitative estimate of drug-likeness (QED) is 0.676. The number of ether oxygens (including phenoxy) is 1. The van der Waals surface area contributed by atoms with E-state index in [9.17, 15) is 9.59 Å². The predicted molar refractivity (Wildman–Crippen MR) is 101 cm³/mol. The normalized spacial score (nSPS) is 10.7. The molecule has 2 aromatic rings. The summed E-state index contributed by atoms with van der Waals surface area (Å²) in [6.07, 6.45) is 3.85. The number of rotatable bonds is 8. The number of nitrogens with one attached hydrogen (secondary N) is 1. The van der Waals surface area contributed by atoms with Gasteiger partial charge < -0.3 is 15.2 Å². The molecule has 1 amide bonds. The van der Waals surface area contributed by atoms with Crippen LogP contribution in [0.1, 0.15) is 23.1 Å². The maximum absolute atomic E-state index is 11.6. The third-order valence-electron chi connectivity index (χ3n) is 3.52. The highest BCUT2D eigenvalue weighted by molar-refractivity contribution is 6.31. The molecule has 0 radical (unpaired) electrons. The SMILES string of the molecule is O=C(O)Cc1ccc(C=CCCNC(=O)OCc2ccccc2)cc1Cl. The van der Waals surface area contributed by atoms with Gasteiger partial charge in [0.15, 0.2) is 0 Å². The highest BCUT2D eigenvalue weighted by Gasteiger charge is 2.05. The summed E-state index contributed by atoms with van der Waals surface area (Å²) in [5.41, 5.74) is 2.39. The second-order valence-electron chi connectivity index (χ2n) is 5.60. The number of benzene rings is 2. The zero-order valence-electron chi connectivity index (χ0n) is 14.2. The minimum Gasteiger partial charge on any atom is -0.481 e.